The number of carbonyl (C=O) groups excluding carboxylic acids is 1. The number of nitrogens with zero attached hydrogens (tertiary/aromatic N) is 2. The highest BCUT2D eigenvalue weighted by Crippen LogP contribution is 2.34. The summed E-state index contributed by atoms with van der Waals surface area (Å²) < 4.78 is 6.42. The molecule has 1 aliphatic rings. The van der Waals surface area contributed by atoms with Crippen molar-refractivity contribution < 1.29 is 9.53 Å². The van der Waals surface area contributed by atoms with Gasteiger partial charge in [-0.15, -0.1) is 11.8 Å². The van der Waals surface area contributed by atoms with Gasteiger partial charge in [-0.05, 0) is 31.9 Å². The van der Waals surface area contributed by atoms with Gasteiger partial charge < -0.3 is 4.74 Å². The largest absolute Gasteiger partial charge is 0.461 e. The summed E-state index contributed by atoms with van der Waals surface area (Å²) in [4.78, 5) is 25.6. The fourth-order valence-corrected chi connectivity index (χ4v) is 4.32. The van der Waals surface area contributed by atoms with E-state index in [9.17, 15) is 9.59 Å². The number of rotatable bonds is 5. The van der Waals surface area contributed by atoms with Crippen molar-refractivity contribution in [2.45, 2.75) is 49.2 Å². The lowest BCUT2D eigenvalue weighted by Crippen LogP contribution is -2.25. The highest BCUT2D eigenvalue weighted by atomic mass is 32.2. The molecule has 0 aliphatic heterocycles. The zero-order valence-electron chi connectivity index (χ0n) is 14.3. The Kier molecular flexibility index (Phi) is 5.91. The molecule has 0 bridgehead atoms. The number of thioether (sulfide) groups is 1. The molecule has 3 rings (SSSR count). The molecule has 25 heavy (non-hydrogen) atoms. The van der Waals surface area contributed by atoms with Gasteiger partial charge in [0.1, 0.15) is 0 Å². The number of esters is 1. The third kappa shape index (κ3) is 4.31. The molecule has 0 spiro atoms. The molecule has 2 aromatic rings. The average Bonchev–Trinajstić information content (AvgIpc) is 2.63. The predicted octanol–water partition coefficient (Wildman–Crippen LogP) is 3.83. The number of hydrogen-bond donors (Lipinski definition) is 0. The van der Waals surface area contributed by atoms with Crippen LogP contribution >= 0.6 is 11.8 Å². The molecular formula is C19H22N2O3S. The highest BCUT2D eigenvalue weighted by Gasteiger charge is 2.23. The first-order valence-corrected chi connectivity index (χ1v) is 9.60. The molecule has 0 unspecified atom stereocenters. The van der Waals surface area contributed by atoms with Crippen molar-refractivity contribution in [1.82, 2.24) is 9.78 Å². The molecule has 1 fully saturated rings. The maximum absolute atomic E-state index is 12.5. The Balaban J connectivity index is 1.99. The molecule has 1 heterocycles. The Labute approximate surface area is 151 Å². The van der Waals surface area contributed by atoms with Crippen molar-refractivity contribution in [2.24, 2.45) is 0 Å². The zero-order chi connectivity index (χ0) is 17.6. The van der Waals surface area contributed by atoms with Gasteiger partial charge in [-0.2, -0.15) is 9.78 Å². The van der Waals surface area contributed by atoms with Crippen LogP contribution in [0, 0.1) is 0 Å². The van der Waals surface area contributed by atoms with Gasteiger partial charge in [0.05, 0.1) is 12.3 Å². The monoisotopic (exact) mass is 358 g/mol. The first-order valence-electron chi connectivity index (χ1n) is 8.72. The van der Waals surface area contributed by atoms with Gasteiger partial charge in [-0.1, -0.05) is 37.5 Å². The summed E-state index contributed by atoms with van der Waals surface area (Å²) in [5, 5.41) is 4.76. The standard InChI is InChI=1S/C19H22N2O3S/c1-2-24-19(23)18-16(25-15-11-7-4-8-12-15)13-17(22)21(20-18)14-9-5-3-6-10-14/h3,5-6,9-10,13,15H,2,4,7-8,11-12H2,1H3. The molecule has 1 aliphatic carbocycles. The van der Waals surface area contributed by atoms with E-state index in [1.165, 1.54) is 30.0 Å². The Bertz CT molecular complexity index is 783. The molecule has 0 radical (unpaired) electrons. The number of benzene rings is 1. The molecule has 0 atom stereocenters. The zero-order valence-corrected chi connectivity index (χ0v) is 15.1. The van der Waals surface area contributed by atoms with E-state index in [1.807, 2.05) is 18.2 Å². The fourth-order valence-electron chi connectivity index (χ4n) is 2.99. The van der Waals surface area contributed by atoms with E-state index < -0.39 is 5.97 Å². The van der Waals surface area contributed by atoms with Crippen LogP contribution in [0.2, 0.25) is 0 Å². The van der Waals surface area contributed by atoms with Crippen molar-refractivity contribution in [3.8, 4) is 5.69 Å². The Morgan fingerprint density at radius 1 is 1.24 bits per heavy atom. The Morgan fingerprint density at radius 3 is 2.64 bits per heavy atom. The number of aromatic nitrogens is 2. The van der Waals surface area contributed by atoms with Gasteiger partial charge in [0.15, 0.2) is 5.69 Å². The van der Waals surface area contributed by atoms with Crippen molar-refractivity contribution in [1.29, 1.82) is 0 Å². The van der Waals surface area contributed by atoms with Crippen molar-refractivity contribution in [3.63, 3.8) is 0 Å². The van der Waals surface area contributed by atoms with Gasteiger partial charge >= 0.3 is 5.97 Å². The minimum absolute atomic E-state index is 0.223. The second-order valence-corrected chi connectivity index (χ2v) is 7.38. The molecule has 6 heteroatoms. The van der Waals surface area contributed by atoms with Crippen LogP contribution in [0.25, 0.3) is 5.69 Å². The van der Waals surface area contributed by atoms with E-state index >= 15 is 0 Å². The first kappa shape index (κ1) is 17.7. The second kappa shape index (κ2) is 8.34. The van der Waals surface area contributed by atoms with Crippen molar-refractivity contribution in [3.05, 3.63) is 52.4 Å². The summed E-state index contributed by atoms with van der Waals surface area (Å²) in [6.07, 6.45) is 5.86. The molecule has 1 saturated carbocycles. The van der Waals surface area contributed by atoms with Crippen molar-refractivity contribution in [2.75, 3.05) is 6.61 Å². The third-order valence-electron chi connectivity index (χ3n) is 4.21. The van der Waals surface area contributed by atoms with Gasteiger partial charge in [-0.25, -0.2) is 4.79 Å². The lowest BCUT2D eigenvalue weighted by atomic mass is 10.0. The van der Waals surface area contributed by atoms with Crippen LogP contribution in [0.15, 0.2) is 46.1 Å². The summed E-state index contributed by atoms with van der Waals surface area (Å²) in [7, 11) is 0. The molecule has 0 saturated heterocycles. The smallest absolute Gasteiger partial charge is 0.359 e. The minimum Gasteiger partial charge on any atom is -0.461 e. The van der Waals surface area contributed by atoms with E-state index in [4.69, 9.17) is 4.74 Å². The summed E-state index contributed by atoms with van der Waals surface area (Å²) in [6, 6.07) is 10.6. The highest BCUT2D eigenvalue weighted by molar-refractivity contribution is 8.00. The van der Waals surface area contributed by atoms with E-state index in [0.29, 0.717) is 15.8 Å². The molecule has 0 amide bonds. The average molecular weight is 358 g/mol. The molecular weight excluding hydrogens is 336 g/mol. The summed E-state index contributed by atoms with van der Waals surface area (Å²) in [5.41, 5.74) is 0.616. The summed E-state index contributed by atoms with van der Waals surface area (Å²) in [6.45, 7) is 2.04. The van der Waals surface area contributed by atoms with E-state index in [1.54, 1.807) is 30.8 Å². The van der Waals surface area contributed by atoms with Crippen LogP contribution in [-0.4, -0.2) is 27.6 Å². The summed E-state index contributed by atoms with van der Waals surface area (Å²) in [5.74, 6) is -0.481. The molecule has 132 valence electrons. The molecule has 1 aromatic carbocycles. The maximum atomic E-state index is 12.5. The Hall–Kier alpha value is -2.08. The van der Waals surface area contributed by atoms with Crippen molar-refractivity contribution >= 4 is 17.7 Å². The maximum Gasteiger partial charge on any atom is 0.359 e. The second-order valence-electron chi connectivity index (χ2n) is 6.04. The number of para-hydroxylation sites is 1. The number of hydrogen-bond acceptors (Lipinski definition) is 5. The van der Waals surface area contributed by atoms with Gasteiger partial charge in [0, 0.05) is 16.2 Å². The molecule has 0 N–H and O–H groups in total. The minimum atomic E-state index is -0.481. The predicted molar refractivity (Wildman–Crippen MR) is 98.5 cm³/mol. The fraction of sp³-hybridized carbons (Fsp3) is 0.421. The van der Waals surface area contributed by atoms with Gasteiger partial charge in [-0.3, -0.25) is 4.79 Å². The SMILES string of the molecule is CCOC(=O)c1nn(-c2ccccc2)c(=O)cc1SC1CCCCC1. The van der Waals surface area contributed by atoms with Crippen LogP contribution in [0.3, 0.4) is 0 Å². The first-order chi connectivity index (χ1) is 12.2. The lowest BCUT2D eigenvalue weighted by molar-refractivity contribution is 0.0512. The van der Waals surface area contributed by atoms with Crippen LogP contribution in [0.4, 0.5) is 0 Å². The number of ether oxygens (including phenoxy) is 1. The van der Waals surface area contributed by atoms with Gasteiger partial charge in [0.25, 0.3) is 5.56 Å². The van der Waals surface area contributed by atoms with Crippen LogP contribution in [-0.2, 0) is 4.74 Å². The Morgan fingerprint density at radius 2 is 1.96 bits per heavy atom. The van der Waals surface area contributed by atoms with Gasteiger partial charge in [0.2, 0.25) is 0 Å². The lowest BCUT2D eigenvalue weighted by Gasteiger charge is -2.21. The molecule has 5 nitrogen and oxygen atoms in total. The normalized spacial score (nSPS) is 15.1. The molecule has 1 aromatic heterocycles. The van der Waals surface area contributed by atoms with Crippen LogP contribution < -0.4 is 5.56 Å². The summed E-state index contributed by atoms with van der Waals surface area (Å²) >= 11 is 1.59. The van der Waals surface area contributed by atoms with Crippen LogP contribution in [0.1, 0.15) is 49.5 Å². The topological polar surface area (TPSA) is 61.2 Å². The van der Waals surface area contributed by atoms with E-state index in [2.05, 4.69) is 5.10 Å². The van der Waals surface area contributed by atoms with Crippen LogP contribution in [0.5, 0.6) is 0 Å². The van der Waals surface area contributed by atoms with E-state index in [-0.39, 0.29) is 17.9 Å². The quantitative estimate of drug-likeness (QED) is 0.760. The number of carbonyl (C=O) groups is 1. The third-order valence-corrected chi connectivity index (χ3v) is 5.58. The van der Waals surface area contributed by atoms with E-state index in [0.717, 1.165) is 12.8 Å².